The lowest BCUT2D eigenvalue weighted by molar-refractivity contribution is -0.132. The molecule has 1 aliphatic rings. The van der Waals surface area contributed by atoms with Crippen LogP contribution in [0.4, 0.5) is 5.82 Å². The molecule has 0 saturated carbocycles. The van der Waals surface area contributed by atoms with Crippen LogP contribution < -0.4 is 11.1 Å². The van der Waals surface area contributed by atoms with Gasteiger partial charge < -0.3 is 15.8 Å². The molecule has 0 unspecified atom stereocenters. The van der Waals surface area contributed by atoms with Gasteiger partial charge in [0.25, 0.3) is 0 Å². The number of nitrogens with one attached hydrogen (secondary N) is 1. The molecule has 3 heterocycles. The predicted molar refractivity (Wildman–Crippen MR) is 84.2 cm³/mol. The molecule has 1 fully saturated rings. The van der Waals surface area contributed by atoms with Crippen LogP contribution in [-0.2, 0) is 16.6 Å². The first kappa shape index (κ1) is 15.2. The van der Waals surface area contributed by atoms with E-state index in [2.05, 4.69) is 36.3 Å². The number of hydrogen-bond donors (Lipinski definition) is 2. The summed E-state index contributed by atoms with van der Waals surface area (Å²) >= 11 is 3.41. The Kier molecular flexibility index (Phi) is 4.00. The zero-order chi connectivity index (χ0) is 15.7. The Morgan fingerprint density at radius 3 is 2.91 bits per heavy atom. The minimum atomic E-state index is -0.607. The second-order valence-electron chi connectivity index (χ2n) is 5.45. The maximum Gasteiger partial charge on any atom is 0.225 e. The molecule has 3 rings (SSSR count). The van der Waals surface area contributed by atoms with Gasteiger partial charge in [0.2, 0.25) is 5.91 Å². The molecule has 3 N–H and O–H groups in total. The molecule has 22 heavy (non-hydrogen) atoms. The first-order valence-electron chi connectivity index (χ1n) is 6.98. The van der Waals surface area contributed by atoms with Gasteiger partial charge in [-0.15, -0.1) is 0 Å². The van der Waals surface area contributed by atoms with E-state index in [1.165, 1.54) is 6.33 Å². The van der Waals surface area contributed by atoms with Crippen molar-refractivity contribution >= 4 is 38.7 Å². The topological polar surface area (TPSA) is 108 Å². The molecule has 1 saturated heterocycles. The number of aryl methyl sites for hydroxylation is 1. The number of carbonyl (C=O) groups is 1. The van der Waals surface area contributed by atoms with E-state index in [9.17, 15) is 4.79 Å². The number of primary amides is 1. The Balaban J connectivity index is 1.88. The first-order valence-corrected chi connectivity index (χ1v) is 7.77. The number of ether oxygens (including phenoxy) is 1. The Bertz CT molecular complexity index is 710. The zero-order valence-corrected chi connectivity index (χ0v) is 13.8. The standard InChI is InChI=1S/C13H17BrN6O2/c1-20-11-8(9(14)19-20)10(17-7-18-11)16-6-13(12(15)21)2-4-22-5-3-13/h7H,2-6H2,1H3,(H2,15,21)(H,16,17,18). The van der Waals surface area contributed by atoms with E-state index < -0.39 is 5.41 Å². The number of anilines is 1. The number of amides is 1. The summed E-state index contributed by atoms with van der Waals surface area (Å²) in [4.78, 5) is 20.4. The average Bonchev–Trinajstić information content (AvgIpc) is 2.81. The minimum absolute atomic E-state index is 0.307. The SMILES string of the molecule is Cn1nc(Br)c2c(NCC3(C(N)=O)CCOCC3)ncnc21. The molecule has 0 atom stereocenters. The summed E-state index contributed by atoms with van der Waals surface area (Å²) in [6.07, 6.45) is 2.69. The van der Waals surface area contributed by atoms with Gasteiger partial charge in [-0.3, -0.25) is 4.79 Å². The van der Waals surface area contributed by atoms with Crippen molar-refractivity contribution < 1.29 is 9.53 Å². The molecule has 0 aromatic carbocycles. The monoisotopic (exact) mass is 368 g/mol. The third kappa shape index (κ3) is 2.54. The highest BCUT2D eigenvalue weighted by Gasteiger charge is 2.38. The van der Waals surface area contributed by atoms with E-state index in [1.807, 2.05) is 7.05 Å². The van der Waals surface area contributed by atoms with Crippen LogP contribution in [0.1, 0.15) is 12.8 Å². The van der Waals surface area contributed by atoms with Gasteiger partial charge in [0.05, 0.1) is 10.8 Å². The number of hydrogen-bond acceptors (Lipinski definition) is 6. The van der Waals surface area contributed by atoms with Crippen molar-refractivity contribution in [2.24, 2.45) is 18.2 Å². The van der Waals surface area contributed by atoms with Crippen LogP contribution in [0.25, 0.3) is 11.0 Å². The molecule has 2 aromatic rings. The quantitative estimate of drug-likeness (QED) is 0.826. The summed E-state index contributed by atoms with van der Waals surface area (Å²) in [5, 5.41) is 8.31. The lowest BCUT2D eigenvalue weighted by atomic mass is 9.79. The summed E-state index contributed by atoms with van der Waals surface area (Å²) in [7, 11) is 1.81. The van der Waals surface area contributed by atoms with Gasteiger partial charge in [-0.05, 0) is 28.8 Å². The summed E-state index contributed by atoms with van der Waals surface area (Å²) < 4.78 is 7.67. The van der Waals surface area contributed by atoms with E-state index in [1.54, 1.807) is 4.68 Å². The highest BCUT2D eigenvalue weighted by molar-refractivity contribution is 9.10. The number of fused-ring (bicyclic) bond motifs is 1. The maximum absolute atomic E-state index is 11.9. The van der Waals surface area contributed by atoms with Gasteiger partial charge in [0, 0.05) is 26.8 Å². The number of halogens is 1. The van der Waals surface area contributed by atoms with Gasteiger partial charge in [0.15, 0.2) is 5.65 Å². The van der Waals surface area contributed by atoms with Crippen LogP contribution in [-0.4, -0.2) is 45.4 Å². The Labute approximate surface area is 135 Å². The molecule has 8 nitrogen and oxygen atoms in total. The Morgan fingerprint density at radius 1 is 1.50 bits per heavy atom. The van der Waals surface area contributed by atoms with Crippen LogP contribution in [0.5, 0.6) is 0 Å². The molecular formula is C13H17BrN6O2. The fourth-order valence-electron chi connectivity index (χ4n) is 2.70. The molecule has 9 heteroatoms. The lowest BCUT2D eigenvalue weighted by Gasteiger charge is -2.34. The molecule has 1 aliphatic heterocycles. The van der Waals surface area contributed by atoms with Gasteiger partial charge >= 0.3 is 0 Å². The summed E-state index contributed by atoms with van der Waals surface area (Å²) in [5.41, 5.74) is 5.73. The third-order valence-corrected chi connectivity index (χ3v) is 4.70. The fourth-order valence-corrected chi connectivity index (χ4v) is 3.30. The molecule has 118 valence electrons. The normalized spacial score (nSPS) is 17.5. The van der Waals surface area contributed by atoms with Crippen molar-refractivity contribution in [1.82, 2.24) is 19.7 Å². The van der Waals surface area contributed by atoms with Crippen molar-refractivity contribution in [3.05, 3.63) is 10.9 Å². The van der Waals surface area contributed by atoms with Crippen LogP contribution in [0.15, 0.2) is 10.9 Å². The Hall–Kier alpha value is -1.74. The number of carbonyl (C=O) groups excluding carboxylic acids is 1. The predicted octanol–water partition coefficient (Wildman–Crippen LogP) is 0.820. The molecule has 0 radical (unpaired) electrons. The van der Waals surface area contributed by atoms with Crippen molar-refractivity contribution in [2.45, 2.75) is 12.8 Å². The van der Waals surface area contributed by atoms with Crippen LogP contribution in [0.3, 0.4) is 0 Å². The summed E-state index contributed by atoms with van der Waals surface area (Å²) in [5.74, 6) is 0.330. The zero-order valence-electron chi connectivity index (χ0n) is 12.2. The van der Waals surface area contributed by atoms with E-state index in [0.29, 0.717) is 48.7 Å². The molecule has 0 aliphatic carbocycles. The van der Waals surface area contributed by atoms with Crippen molar-refractivity contribution in [3.8, 4) is 0 Å². The largest absolute Gasteiger partial charge is 0.381 e. The highest BCUT2D eigenvalue weighted by Crippen LogP contribution is 2.32. The maximum atomic E-state index is 11.9. The van der Waals surface area contributed by atoms with E-state index >= 15 is 0 Å². The van der Waals surface area contributed by atoms with Gasteiger partial charge in [-0.25, -0.2) is 14.6 Å². The number of aromatic nitrogens is 4. The van der Waals surface area contributed by atoms with E-state index in [0.717, 1.165) is 5.39 Å². The van der Waals surface area contributed by atoms with Crippen LogP contribution in [0.2, 0.25) is 0 Å². The van der Waals surface area contributed by atoms with Gasteiger partial charge in [-0.1, -0.05) is 0 Å². The van der Waals surface area contributed by atoms with E-state index in [4.69, 9.17) is 10.5 Å². The smallest absolute Gasteiger partial charge is 0.225 e. The van der Waals surface area contributed by atoms with Crippen molar-refractivity contribution in [1.29, 1.82) is 0 Å². The number of nitrogens with two attached hydrogens (primary N) is 1. The first-order chi connectivity index (χ1) is 10.5. The van der Waals surface area contributed by atoms with Gasteiger partial charge in [-0.2, -0.15) is 5.10 Å². The molecule has 0 spiro atoms. The van der Waals surface area contributed by atoms with Crippen LogP contribution >= 0.6 is 15.9 Å². The summed E-state index contributed by atoms with van der Waals surface area (Å²) in [6, 6.07) is 0. The summed E-state index contributed by atoms with van der Waals surface area (Å²) in [6.45, 7) is 1.50. The second-order valence-corrected chi connectivity index (χ2v) is 6.20. The number of rotatable bonds is 4. The highest BCUT2D eigenvalue weighted by atomic mass is 79.9. The molecule has 0 bridgehead atoms. The molecule has 2 aromatic heterocycles. The Morgan fingerprint density at radius 2 is 2.23 bits per heavy atom. The third-order valence-electron chi connectivity index (χ3n) is 4.14. The second kappa shape index (κ2) is 5.81. The molecular weight excluding hydrogens is 352 g/mol. The van der Waals surface area contributed by atoms with Crippen LogP contribution in [0, 0.1) is 5.41 Å². The number of nitrogens with zero attached hydrogens (tertiary/aromatic N) is 4. The molecule has 1 amide bonds. The minimum Gasteiger partial charge on any atom is -0.381 e. The van der Waals surface area contributed by atoms with Crippen molar-refractivity contribution in [3.63, 3.8) is 0 Å². The average molecular weight is 369 g/mol. The van der Waals surface area contributed by atoms with E-state index in [-0.39, 0.29) is 5.91 Å². The lowest BCUT2D eigenvalue weighted by Crippen LogP contribution is -2.46. The van der Waals surface area contributed by atoms with Gasteiger partial charge in [0.1, 0.15) is 16.7 Å². The van der Waals surface area contributed by atoms with Crippen molar-refractivity contribution in [2.75, 3.05) is 25.1 Å². The fraction of sp³-hybridized carbons (Fsp3) is 0.538.